The zero-order valence-electron chi connectivity index (χ0n) is 15.7. The summed E-state index contributed by atoms with van der Waals surface area (Å²) in [5.41, 5.74) is 3.54. The lowest BCUT2D eigenvalue weighted by molar-refractivity contribution is 0.103. The molecule has 4 rings (SSSR count). The average molecular weight is 448 g/mol. The fourth-order valence-corrected chi connectivity index (χ4v) is 3.36. The van der Waals surface area contributed by atoms with Crippen LogP contribution in [0.2, 0.25) is 0 Å². The van der Waals surface area contributed by atoms with E-state index in [1.807, 2.05) is 66.7 Å². The Hall–Kier alpha value is -3.25. The van der Waals surface area contributed by atoms with E-state index in [0.717, 1.165) is 21.3 Å². The number of nitrogens with zero attached hydrogens (tertiary/aromatic N) is 3. The van der Waals surface area contributed by atoms with E-state index in [4.69, 9.17) is 4.74 Å². The number of carbonyl (C=O) groups excluding carboxylic acids is 1. The lowest BCUT2D eigenvalue weighted by Crippen LogP contribution is -2.07. The molecule has 0 bridgehead atoms. The molecule has 29 heavy (non-hydrogen) atoms. The smallest absolute Gasteiger partial charge is 0.215 e. The number of carbonyl (C=O) groups is 1. The van der Waals surface area contributed by atoms with Gasteiger partial charge in [0.25, 0.3) is 0 Å². The van der Waals surface area contributed by atoms with Crippen LogP contribution in [0, 0.1) is 0 Å². The van der Waals surface area contributed by atoms with Gasteiger partial charge in [0.2, 0.25) is 5.78 Å². The summed E-state index contributed by atoms with van der Waals surface area (Å²) in [5, 5.41) is 8.55. The van der Waals surface area contributed by atoms with E-state index < -0.39 is 0 Å². The van der Waals surface area contributed by atoms with Gasteiger partial charge in [0.05, 0.1) is 13.7 Å². The summed E-state index contributed by atoms with van der Waals surface area (Å²) in [6, 6.07) is 24.7. The average Bonchev–Trinajstić information content (AvgIpc) is 3.18. The van der Waals surface area contributed by atoms with Crippen molar-refractivity contribution >= 4 is 21.7 Å². The van der Waals surface area contributed by atoms with Gasteiger partial charge in [0, 0.05) is 15.6 Å². The second-order valence-electron chi connectivity index (χ2n) is 6.49. The summed E-state index contributed by atoms with van der Waals surface area (Å²) >= 11 is 3.46. The molecule has 4 aromatic rings. The van der Waals surface area contributed by atoms with Gasteiger partial charge >= 0.3 is 0 Å². The Balaban J connectivity index is 1.77. The first-order valence-electron chi connectivity index (χ1n) is 9.08. The first-order valence-corrected chi connectivity index (χ1v) is 9.87. The molecular formula is C23H18BrN3O2. The normalized spacial score (nSPS) is 10.7. The summed E-state index contributed by atoms with van der Waals surface area (Å²) in [6.07, 6.45) is 0. The van der Waals surface area contributed by atoms with Crippen molar-refractivity contribution in [1.29, 1.82) is 0 Å². The zero-order valence-corrected chi connectivity index (χ0v) is 17.3. The Labute approximate surface area is 177 Å². The maximum absolute atomic E-state index is 13.1. The highest BCUT2D eigenvalue weighted by atomic mass is 79.9. The van der Waals surface area contributed by atoms with Gasteiger partial charge < -0.3 is 4.74 Å². The largest absolute Gasteiger partial charge is 0.497 e. The number of methoxy groups -OCH3 is 1. The van der Waals surface area contributed by atoms with Crippen molar-refractivity contribution in [2.45, 2.75) is 6.54 Å². The molecule has 3 aromatic carbocycles. The third-order valence-electron chi connectivity index (χ3n) is 4.60. The number of hydrogen-bond acceptors (Lipinski definition) is 4. The van der Waals surface area contributed by atoms with E-state index in [-0.39, 0.29) is 5.78 Å². The fraction of sp³-hybridized carbons (Fsp3) is 0.0870. The summed E-state index contributed by atoms with van der Waals surface area (Å²) < 4.78 is 7.95. The van der Waals surface area contributed by atoms with Crippen molar-refractivity contribution in [3.05, 3.63) is 100 Å². The minimum Gasteiger partial charge on any atom is -0.497 e. The Bertz CT molecular complexity index is 1120. The van der Waals surface area contributed by atoms with Crippen LogP contribution in [-0.4, -0.2) is 27.9 Å². The van der Waals surface area contributed by atoms with Crippen LogP contribution in [0.3, 0.4) is 0 Å². The van der Waals surface area contributed by atoms with Gasteiger partial charge in [-0.2, -0.15) is 0 Å². The zero-order chi connectivity index (χ0) is 20.2. The maximum atomic E-state index is 13.1. The molecule has 5 nitrogen and oxygen atoms in total. The molecule has 0 fully saturated rings. The van der Waals surface area contributed by atoms with E-state index in [1.54, 1.807) is 23.9 Å². The summed E-state index contributed by atoms with van der Waals surface area (Å²) in [4.78, 5) is 13.1. The van der Waals surface area contributed by atoms with Gasteiger partial charge in [0.15, 0.2) is 5.69 Å². The summed E-state index contributed by atoms with van der Waals surface area (Å²) in [7, 11) is 1.64. The fourth-order valence-electron chi connectivity index (χ4n) is 3.10. The molecule has 0 N–H and O–H groups in total. The highest BCUT2D eigenvalue weighted by molar-refractivity contribution is 9.10. The van der Waals surface area contributed by atoms with E-state index in [1.165, 1.54) is 0 Å². The topological polar surface area (TPSA) is 57.0 Å². The quantitative estimate of drug-likeness (QED) is 0.390. The van der Waals surface area contributed by atoms with Crippen molar-refractivity contribution in [2.75, 3.05) is 7.11 Å². The van der Waals surface area contributed by atoms with Crippen LogP contribution < -0.4 is 4.74 Å². The predicted octanol–water partition coefficient (Wildman–Crippen LogP) is 5.00. The summed E-state index contributed by atoms with van der Waals surface area (Å²) in [6.45, 7) is 0.491. The number of ketones is 1. The minimum absolute atomic E-state index is 0.149. The first kappa shape index (κ1) is 19.1. The molecule has 0 radical (unpaired) electrons. The van der Waals surface area contributed by atoms with Gasteiger partial charge in [-0.25, -0.2) is 4.68 Å². The molecule has 6 heteroatoms. The van der Waals surface area contributed by atoms with Crippen molar-refractivity contribution in [3.8, 4) is 17.0 Å². The van der Waals surface area contributed by atoms with Crippen LogP contribution in [0.5, 0.6) is 5.75 Å². The van der Waals surface area contributed by atoms with E-state index in [9.17, 15) is 4.79 Å². The molecular weight excluding hydrogens is 430 g/mol. The lowest BCUT2D eigenvalue weighted by Gasteiger charge is -2.09. The number of rotatable bonds is 6. The van der Waals surface area contributed by atoms with Crippen LogP contribution in [0.25, 0.3) is 11.3 Å². The minimum atomic E-state index is -0.149. The molecule has 0 amide bonds. The highest BCUT2D eigenvalue weighted by Crippen LogP contribution is 2.27. The van der Waals surface area contributed by atoms with Crippen molar-refractivity contribution in [1.82, 2.24) is 15.0 Å². The molecule has 0 saturated carbocycles. The standard InChI is InChI=1S/C23H18BrN3O2/c1-29-20-13-7-16(8-14-20)15-27-22(17-9-11-19(24)12-10-17)21(25-26-27)23(28)18-5-3-2-4-6-18/h2-14H,15H2,1H3. The molecule has 0 unspecified atom stereocenters. The molecule has 0 atom stereocenters. The Morgan fingerprint density at radius 2 is 1.66 bits per heavy atom. The molecule has 1 aromatic heterocycles. The third-order valence-corrected chi connectivity index (χ3v) is 5.12. The SMILES string of the molecule is COc1ccc(Cn2nnc(C(=O)c3ccccc3)c2-c2ccc(Br)cc2)cc1. The van der Waals surface area contributed by atoms with Crippen molar-refractivity contribution < 1.29 is 9.53 Å². The predicted molar refractivity (Wildman–Crippen MR) is 115 cm³/mol. The Morgan fingerprint density at radius 3 is 2.31 bits per heavy atom. The van der Waals surface area contributed by atoms with Gasteiger partial charge in [0.1, 0.15) is 11.4 Å². The molecule has 0 saturated heterocycles. The maximum Gasteiger partial charge on any atom is 0.215 e. The highest BCUT2D eigenvalue weighted by Gasteiger charge is 2.22. The van der Waals surface area contributed by atoms with Gasteiger partial charge in [-0.1, -0.05) is 75.7 Å². The van der Waals surface area contributed by atoms with E-state index in [0.29, 0.717) is 23.5 Å². The lowest BCUT2D eigenvalue weighted by atomic mass is 10.0. The number of halogens is 1. The summed E-state index contributed by atoms with van der Waals surface area (Å²) in [5.74, 6) is 0.643. The van der Waals surface area contributed by atoms with Crippen molar-refractivity contribution in [2.24, 2.45) is 0 Å². The van der Waals surface area contributed by atoms with Gasteiger partial charge in [-0.05, 0) is 29.8 Å². The first-order chi connectivity index (χ1) is 14.2. The molecule has 144 valence electrons. The van der Waals surface area contributed by atoms with Crippen LogP contribution in [-0.2, 0) is 6.54 Å². The number of aromatic nitrogens is 3. The molecule has 0 spiro atoms. The number of ether oxygens (including phenoxy) is 1. The second-order valence-corrected chi connectivity index (χ2v) is 7.41. The third kappa shape index (κ3) is 4.12. The van der Waals surface area contributed by atoms with E-state index in [2.05, 4.69) is 26.2 Å². The van der Waals surface area contributed by atoms with Crippen LogP contribution in [0.15, 0.2) is 83.3 Å². The van der Waals surface area contributed by atoms with Gasteiger partial charge in [-0.15, -0.1) is 5.10 Å². The van der Waals surface area contributed by atoms with Crippen LogP contribution in [0.4, 0.5) is 0 Å². The number of benzene rings is 3. The molecule has 0 aliphatic carbocycles. The number of hydrogen-bond donors (Lipinski definition) is 0. The van der Waals surface area contributed by atoms with Gasteiger partial charge in [-0.3, -0.25) is 4.79 Å². The molecule has 0 aliphatic rings. The second kappa shape index (κ2) is 8.41. The molecule has 0 aliphatic heterocycles. The van der Waals surface area contributed by atoms with Crippen LogP contribution in [0.1, 0.15) is 21.6 Å². The Kier molecular flexibility index (Phi) is 5.53. The Morgan fingerprint density at radius 1 is 0.966 bits per heavy atom. The van der Waals surface area contributed by atoms with Crippen molar-refractivity contribution in [3.63, 3.8) is 0 Å². The molecule has 1 heterocycles. The monoisotopic (exact) mass is 447 g/mol. The van der Waals surface area contributed by atoms with E-state index >= 15 is 0 Å². The van der Waals surface area contributed by atoms with Crippen LogP contribution >= 0.6 is 15.9 Å².